The second kappa shape index (κ2) is 12.1. The van der Waals surface area contributed by atoms with Crippen molar-refractivity contribution in [3.63, 3.8) is 0 Å². The molecule has 14 heteroatoms. The van der Waals surface area contributed by atoms with E-state index in [0.29, 0.717) is 11.6 Å². The van der Waals surface area contributed by atoms with E-state index < -0.39 is 76.0 Å². The van der Waals surface area contributed by atoms with Gasteiger partial charge in [0.1, 0.15) is 24.0 Å². The number of ketones is 1. The fourth-order valence-corrected chi connectivity index (χ4v) is 5.71. The summed E-state index contributed by atoms with van der Waals surface area (Å²) in [6, 6.07) is 8.24. The Balaban J connectivity index is 1.55. The van der Waals surface area contributed by atoms with Crippen molar-refractivity contribution >= 4 is 17.6 Å². The number of carbonyl (C=O) groups is 3. The first-order valence-electron chi connectivity index (χ1n) is 14.0. The molecule has 4 aromatic rings. The molecule has 2 aromatic heterocycles. The van der Waals surface area contributed by atoms with E-state index in [1.54, 1.807) is 19.9 Å². The predicted octanol–water partition coefficient (Wildman–Crippen LogP) is 5.74. The number of fused-ring (bicyclic) bond motifs is 1. The summed E-state index contributed by atoms with van der Waals surface area (Å²) >= 11 is 0. The molecule has 0 saturated heterocycles. The molecule has 0 saturated carbocycles. The monoisotopic (exact) mass is 643 g/mol. The van der Waals surface area contributed by atoms with Crippen LogP contribution in [0.2, 0.25) is 0 Å². The van der Waals surface area contributed by atoms with Gasteiger partial charge in [0.15, 0.2) is 11.5 Å². The second-order valence-corrected chi connectivity index (χ2v) is 11.9. The van der Waals surface area contributed by atoms with Gasteiger partial charge in [0.25, 0.3) is 5.91 Å². The van der Waals surface area contributed by atoms with Crippen molar-refractivity contribution in [2.45, 2.75) is 51.9 Å². The Morgan fingerprint density at radius 1 is 1.04 bits per heavy atom. The maximum absolute atomic E-state index is 14.3. The summed E-state index contributed by atoms with van der Waals surface area (Å²) in [6.07, 6.45) is -3.89. The summed E-state index contributed by atoms with van der Waals surface area (Å²) in [5.74, 6) is -5.26. The Labute approximate surface area is 258 Å². The van der Waals surface area contributed by atoms with Crippen molar-refractivity contribution in [3.05, 3.63) is 106 Å². The molecule has 5 rings (SSSR count). The maximum Gasteiger partial charge on any atom is 0.435 e. The van der Waals surface area contributed by atoms with Crippen LogP contribution >= 0.6 is 0 Å². The van der Waals surface area contributed by atoms with Crippen molar-refractivity contribution in [3.8, 4) is 11.1 Å². The largest absolute Gasteiger partial charge is 0.435 e. The van der Waals surface area contributed by atoms with Crippen LogP contribution in [0.3, 0.4) is 0 Å². The summed E-state index contributed by atoms with van der Waals surface area (Å²) in [6.45, 7) is 2.71. The number of hydrogen-bond acceptors (Lipinski definition) is 5. The molecular weight excluding hydrogens is 616 g/mol. The lowest BCUT2D eigenvalue weighted by molar-refractivity contribution is -0.142. The third kappa shape index (κ3) is 6.80. The molecule has 0 radical (unpaired) electrons. The number of nitrogens with two attached hydrogens (primary N) is 1. The van der Waals surface area contributed by atoms with E-state index in [9.17, 15) is 40.7 Å². The van der Waals surface area contributed by atoms with Crippen LogP contribution in [0.4, 0.5) is 26.3 Å². The highest BCUT2D eigenvalue weighted by Gasteiger charge is 2.45. The zero-order chi connectivity index (χ0) is 33.6. The Morgan fingerprint density at radius 2 is 1.74 bits per heavy atom. The van der Waals surface area contributed by atoms with Gasteiger partial charge in [-0.3, -0.25) is 24.0 Å². The van der Waals surface area contributed by atoms with Crippen LogP contribution in [0.1, 0.15) is 69.7 Å². The molecule has 2 amide bonds. The molecule has 1 atom stereocenters. The topological polar surface area (TPSA) is 120 Å². The number of rotatable bonds is 8. The zero-order valence-corrected chi connectivity index (χ0v) is 24.5. The molecule has 1 unspecified atom stereocenters. The fraction of sp³-hybridized carbons (Fsp3) is 0.281. The first-order valence-corrected chi connectivity index (χ1v) is 14.0. The van der Waals surface area contributed by atoms with Gasteiger partial charge in [0, 0.05) is 24.2 Å². The standard InChI is InChI=1S/C32H27F6N5O3/c1-31(2)13-24-27(25(44)14-31)29(32(36,37)38)42-43(24)15-26(45)41-23(10-16-8-18(33)12-19(34)9-16)28-20(4-3-7-40-28)17-5-6-22(35)21(11-17)30(39)46/h3-9,11-12,23H,10,13-15H2,1-2H3,(H2,39,46)(H,41,45). The van der Waals surface area contributed by atoms with E-state index in [0.717, 1.165) is 22.9 Å². The van der Waals surface area contributed by atoms with E-state index in [1.165, 1.54) is 24.4 Å². The highest BCUT2D eigenvalue weighted by atomic mass is 19.4. The Kier molecular flexibility index (Phi) is 8.49. The molecule has 2 heterocycles. The van der Waals surface area contributed by atoms with Crippen LogP contribution in [0, 0.1) is 22.9 Å². The number of hydrogen-bond donors (Lipinski definition) is 2. The molecule has 1 aliphatic carbocycles. The second-order valence-electron chi connectivity index (χ2n) is 11.9. The predicted molar refractivity (Wildman–Crippen MR) is 153 cm³/mol. The Hall–Kier alpha value is -5.01. The summed E-state index contributed by atoms with van der Waals surface area (Å²) in [5.41, 5.74) is 3.05. The van der Waals surface area contributed by atoms with Crippen LogP contribution < -0.4 is 11.1 Å². The van der Waals surface area contributed by atoms with Gasteiger partial charge >= 0.3 is 6.18 Å². The lowest BCUT2D eigenvalue weighted by Crippen LogP contribution is -2.35. The number of amides is 2. The van der Waals surface area contributed by atoms with Crippen molar-refractivity contribution in [1.82, 2.24) is 20.1 Å². The van der Waals surface area contributed by atoms with E-state index in [-0.39, 0.29) is 41.8 Å². The fourth-order valence-electron chi connectivity index (χ4n) is 5.71. The molecule has 0 aliphatic heterocycles. The summed E-state index contributed by atoms with van der Waals surface area (Å²) in [7, 11) is 0. The third-order valence-corrected chi connectivity index (χ3v) is 7.59. The number of pyridine rings is 1. The number of aromatic nitrogens is 3. The molecule has 1 aliphatic rings. The number of nitrogens with one attached hydrogen (secondary N) is 1. The van der Waals surface area contributed by atoms with Crippen molar-refractivity contribution in [1.29, 1.82) is 0 Å². The van der Waals surface area contributed by atoms with Crippen LogP contribution in [-0.4, -0.2) is 32.4 Å². The summed E-state index contributed by atoms with van der Waals surface area (Å²) in [4.78, 5) is 42.5. The first kappa shape index (κ1) is 32.4. The molecule has 46 heavy (non-hydrogen) atoms. The van der Waals surface area contributed by atoms with E-state index in [2.05, 4.69) is 15.4 Å². The average Bonchev–Trinajstić information content (AvgIpc) is 3.30. The van der Waals surface area contributed by atoms with Crippen molar-refractivity contribution < 1.29 is 40.7 Å². The normalized spacial score (nSPS) is 14.9. The first-order chi connectivity index (χ1) is 21.5. The third-order valence-electron chi connectivity index (χ3n) is 7.59. The quantitative estimate of drug-likeness (QED) is 0.238. The number of carbonyl (C=O) groups excluding carboxylic acids is 3. The molecule has 0 bridgehead atoms. The average molecular weight is 644 g/mol. The smallest absolute Gasteiger partial charge is 0.366 e. The summed E-state index contributed by atoms with van der Waals surface area (Å²) < 4.78 is 85.0. The Bertz CT molecular complexity index is 1850. The van der Waals surface area contributed by atoms with Crippen LogP contribution in [0.25, 0.3) is 11.1 Å². The molecule has 8 nitrogen and oxygen atoms in total. The number of primary amides is 1. The highest BCUT2D eigenvalue weighted by Crippen LogP contribution is 2.41. The highest BCUT2D eigenvalue weighted by molar-refractivity contribution is 6.00. The summed E-state index contributed by atoms with van der Waals surface area (Å²) in [5, 5.41) is 6.30. The van der Waals surface area contributed by atoms with Gasteiger partial charge in [-0.15, -0.1) is 0 Å². The molecule has 240 valence electrons. The van der Waals surface area contributed by atoms with Gasteiger partial charge in [0.2, 0.25) is 5.91 Å². The number of benzene rings is 2. The molecule has 0 fully saturated rings. The maximum atomic E-state index is 14.3. The van der Waals surface area contributed by atoms with Crippen LogP contribution in [-0.2, 0) is 30.4 Å². The lowest BCUT2D eigenvalue weighted by atomic mass is 9.75. The van der Waals surface area contributed by atoms with Crippen molar-refractivity contribution in [2.75, 3.05) is 0 Å². The van der Waals surface area contributed by atoms with Crippen LogP contribution in [0.5, 0.6) is 0 Å². The zero-order valence-electron chi connectivity index (χ0n) is 24.5. The molecule has 3 N–H and O–H groups in total. The van der Waals surface area contributed by atoms with Gasteiger partial charge in [-0.05, 0) is 59.7 Å². The van der Waals surface area contributed by atoms with Crippen LogP contribution in [0.15, 0.2) is 54.7 Å². The van der Waals surface area contributed by atoms with E-state index in [1.807, 2.05) is 0 Å². The minimum atomic E-state index is -4.95. The van der Waals surface area contributed by atoms with Gasteiger partial charge in [0.05, 0.1) is 28.6 Å². The van der Waals surface area contributed by atoms with E-state index >= 15 is 0 Å². The Morgan fingerprint density at radius 3 is 2.39 bits per heavy atom. The number of Topliss-reactive ketones (excluding diaryl/α,β-unsaturated/α-hetero) is 1. The number of nitrogens with zero attached hydrogens (tertiary/aromatic N) is 3. The number of alkyl halides is 3. The van der Waals surface area contributed by atoms with Crippen molar-refractivity contribution in [2.24, 2.45) is 11.1 Å². The molecule has 0 spiro atoms. The molecule has 2 aromatic carbocycles. The lowest BCUT2D eigenvalue weighted by Gasteiger charge is -2.29. The molecular formula is C32H27F6N5O3. The van der Waals surface area contributed by atoms with Gasteiger partial charge in [-0.2, -0.15) is 18.3 Å². The minimum absolute atomic E-state index is 0.0312. The SMILES string of the molecule is CC1(C)CC(=O)c2c(C(F)(F)F)nn(CC(=O)NC(Cc3cc(F)cc(F)c3)c3ncccc3-c3ccc(F)c(C(N)=O)c3)c2C1. The number of halogens is 6. The van der Waals surface area contributed by atoms with E-state index in [4.69, 9.17) is 5.73 Å². The van der Waals surface area contributed by atoms with Gasteiger partial charge in [-0.25, -0.2) is 13.2 Å². The van der Waals surface area contributed by atoms with Gasteiger partial charge < -0.3 is 11.1 Å². The minimum Gasteiger partial charge on any atom is -0.366 e. The van der Waals surface area contributed by atoms with Gasteiger partial charge in [-0.1, -0.05) is 26.0 Å².